The van der Waals surface area contributed by atoms with E-state index in [1.54, 1.807) is 21.3 Å². The highest BCUT2D eigenvalue weighted by Crippen LogP contribution is 2.31. The number of fused-ring (bicyclic) bond motifs is 1. The quantitative estimate of drug-likeness (QED) is 0.280. The first-order valence-electron chi connectivity index (χ1n) is 11.6. The van der Waals surface area contributed by atoms with Gasteiger partial charge in [0.15, 0.2) is 5.96 Å². The summed E-state index contributed by atoms with van der Waals surface area (Å²) < 4.78 is 16.1. The van der Waals surface area contributed by atoms with Crippen molar-refractivity contribution < 1.29 is 14.2 Å². The summed E-state index contributed by atoms with van der Waals surface area (Å²) in [5.41, 5.74) is 2.23. The second kappa shape index (κ2) is 12.6. The molecule has 3 N–H and O–H groups in total. The SMILES string of the molecule is CN=C(NCCCc1cc2c(OC)cc(OC)cc2[nH]1)NCC1CCN(CCOC)CC1. The number of hydrogen-bond donors (Lipinski definition) is 3. The normalized spacial score (nSPS) is 15.8. The Morgan fingerprint density at radius 3 is 2.62 bits per heavy atom. The van der Waals surface area contributed by atoms with Crippen molar-refractivity contribution in [3.63, 3.8) is 0 Å². The molecule has 0 radical (unpaired) electrons. The van der Waals surface area contributed by atoms with Crippen LogP contribution in [-0.2, 0) is 11.2 Å². The highest BCUT2D eigenvalue weighted by Gasteiger charge is 2.19. The van der Waals surface area contributed by atoms with Crippen LogP contribution in [0, 0.1) is 5.92 Å². The summed E-state index contributed by atoms with van der Waals surface area (Å²) in [6.07, 6.45) is 4.40. The lowest BCUT2D eigenvalue weighted by atomic mass is 9.97. The van der Waals surface area contributed by atoms with Crippen molar-refractivity contribution in [2.75, 3.05) is 67.7 Å². The fourth-order valence-electron chi connectivity index (χ4n) is 4.24. The largest absolute Gasteiger partial charge is 0.497 e. The lowest BCUT2D eigenvalue weighted by Crippen LogP contribution is -2.43. The molecule has 1 saturated heterocycles. The molecule has 0 saturated carbocycles. The van der Waals surface area contributed by atoms with Gasteiger partial charge in [0.2, 0.25) is 0 Å². The number of aryl methyl sites for hydroxylation is 1. The Morgan fingerprint density at radius 2 is 1.94 bits per heavy atom. The Kier molecular flexibility index (Phi) is 9.49. The number of aliphatic imine (C=N–C) groups is 1. The first-order valence-corrected chi connectivity index (χ1v) is 11.6. The second-order valence-corrected chi connectivity index (χ2v) is 8.35. The van der Waals surface area contributed by atoms with Crippen molar-refractivity contribution in [3.05, 3.63) is 23.9 Å². The number of nitrogens with one attached hydrogen (secondary N) is 3. The summed E-state index contributed by atoms with van der Waals surface area (Å²) in [6.45, 7) is 6.01. The van der Waals surface area contributed by atoms with Gasteiger partial charge in [0.25, 0.3) is 0 Å². The Hall–Kier alpha value is -2.45. The number of ether oxygens (including phenoxy) is 3. The first-order chi connectivity index (χ1) is 15.7. The number of benzene rings is 1. The van der Waals surface area contributed by atoms with Gasteiger partial charge in [-0.1, -0.05) is 0 Å². The zero-order valence-corrected chi connectivity index (χ0v) is 20.0. The van der Waals surface area contributed by atoms with E-state index >= 15 is 0 Å². The number of guanidine groups is 1. The van der Waals surface area contributed by atoms with Crippen molar-refractivity contribution in [2.45, 2.75) is 25.7 Å². The molecule has 1 aromatic heterocycles. The molecule has 0 unspecified atom stereocenters. The third-order valence-electron chi connectivity index (χ3n) is 6.20. The molecule has 32 heavy (non-hydrogen) atoms. The molecule has 0 amide bonds. The van der Waals surface area contributed by atoms with E-state index in [1.165, 1.54) is 18.5 Å². The Bertz CT molecular complexity index is 859. The number of aromatic amines is 1. The van der Waals surface area contributed by atoms with Gasteiger partial charge in [-0.15, -0.1) is 0 Å². The van der Waals surface area contributed by atoms with Crippen molar-refractivity contribution in [2.24, 2.45) is 10.9 Å². The summed E-state index contributed by atoms with van der Waals surface area (Å²) in [4.78, 5) is 10.4. The van der Waals surface area contributed by atoms with Gasteiger partial charge in [-0.25, -0.2) is 0 Å². The van der Waals surface area contributed by atoms with Crippen LogP contribution in [0.25, 0.3) is 10.9 Å². The van der Waals surface area contributed by atoms with Gasteiger partial charge in [0, 0.05) is 57.0 Å². The molecule has 178 valence electrons. The van der Waals surface area contributed by atoms with E-state index in [0.717, 1.165) is 80.5 Å². The highest BCUT2D eigenvalue weighted by atomic mass is 16.5. The molecule has 2 heterocycles. The zero-order chi connectivity index (χ0) is 22.8. The molecule has 1 aliphatic rings. The van der Waals surface area contributed by atoms with Crippen LogP contribution in [0.2, 0.25) is 0 Å². The van der Waals surface area contributed by atoms with E-state index in [4.69, 9.17) is 14.2 Å². The number of H-pyrrole nitrogens is 1. The summed E-state index contributed by atoms with van der Waals surface area (Å²) >= 11 is 0. The summed E-state index contributed by atoms with van der Waals surface area (Å²) in [6, 6.07) is 6.09. The molecule has 1 aromatic carbocycles. The maximum atomic E-state index is 5.51. The van der Waals surface area contributed by atoms with Crippen molar-refractivity contribution >= 4 is 16.9 Å². The molecule has 3 rings (SSSR count). The molecule has 1 aliphatic heterocycles. The van der Waals surface area contributed by atoms with Crippen molar-refractivity contribution in [1.29, 1.82) is 0 Å². The van der Waals surface area contributed by atoms with Crippen LogP contribution >= 0.6 is 0 Å². The Morgan fingerprint density at radius 1 is 1.12 bits per heavy atom. The van der Waals surface area contributed by atoms with Crippen LogP contribution in [0.5, 0.6) is 11.5 Å². The number of hydrogen-bond acceptors (Lipinski definition) is 5. The standard InChI is InChI=1S/C24H39N5O3/c1-25-24(27-17-18-7-10-29(11-8-18)12-13-30-2)26-9-5-6-19-14-21-22(28-19)15-20(31-3)16-23(21)32-4/h14-16,18,28H,5-13,17H2,1-4H3,(H2,25,26,27). The molecular weight excluding hydrogens is 406 g/mol. The molecule has 0 aliphatic carbocycles. The minimum absolute atomic E-state index is 0.700. The van der Waals surface area contributed by atoms with Gasteiger partial charge < -0.3 is 34.7 Å². The number of methoxy groups -OCH3 is 3. The molecule has 0 spiro atoms. The van der Waals surface area contributed by atoms with Gasteiger partial charge in [0.05, 0.1) is 26.3 Å². The average Bonchev–Trinajstić information content (AvgIpc) is 3.25. The van der Waals surface area contributed by atoms with Crippen LogP contribution in [0.4, 0.5) is 0 Å². The second-order valence-electron chi connectivity index (χ2n) is 8.35. The smallest absolute Gasteiger partial charge is 0.190 e. The average molecular weight is 446 g/mol. The molecule has 8 nitrogen and oxygen atoms in total. The van der Waals surface area contributed by atoms with Crippen LogP contribution in [0.15, 0.2) is 23.2 Å². The van der Waals surface area contributed by atoms with Crippen LogP contribution in [0.1, 0.15) is 25.0 Å². The predicted octanol–water partition coefficient (Wildman–Crippen LogP) is 2.64. The van der Waals surface area contributed by atoms with Crippen LogP contribution in [-0.4, -0.2) is 83.6 Å². The summed E-state index contributed by atoms with van der Waals surface area (Å²) in [7, 11) is 6.96. The lowest BCUT2D eigenvalue weighted by molar-refractivity contribution is 0.121. The van der Waals surface area contributed by atoms with E-state index in [0.29, 0.717) is 5.92 Å². The summed E-state index contributed by atoms with van der Waals surface area (Å²) in [5, 5.41) is 8.03. The van der Waals surface area contributed by atoms with E-state index in [1.807, 2.05) is 19.2 Å². The van der Waals surface area contributed by atoms with Crippen LogP contribution in [0.3, 0.4) is 0 Å². The van der Waals surface area contributed by atoms with Crippen molar-refractivity contribution in [1.82, 2.24) is 20.5 Å². The Labute approximate surface area is 191 Å². The maximum Gasteiger partial charge on any atom is 0.190 e. The van der Waals surface area contributed by atoms with E-state index in [2.05, 4.69) is 31.6 Å². The minimum Gasteiger partial charge on any atom is -0.497 e. The topological polar surface area (TPSA) is 83.1 Å². The van der Waals surface area contributed by atoms with E-state index in [-0.39, 0.29) is 0 Å². The highest BCUT2D eigenvalue weighted by molar-refractivity contribution is 5.88. The number of piperidine rings is 1. The molecular formula is C24H39N5O3. The third kappa shape index (κ3) is 6.77. The fourth-order valence-corrected chi connectivity index (χ4v) is 4.24. The molecule has 8 heteroatoms. The van der Waals surface area contributed by atoms with E-state index in [9.17, 15) is 0 Å². The zero-order valence-electron chi connectivity index (χ0n) is 20.0. The van der Waals surface area contributed by atoms with E-state index < -0.39 is 0 Å². The molecule has 2 aromatic rings. The number of likely N-dealkylation sites (tertiary alicyclic amines) is 1. The van der Waals surface area contributed by atoms with Gasteiger partial charge in [0.1, 0.15) is 11.5 Å². The molecule has 0 bridgehead atoms. The summed E-state index contributed by atoms with van der Waals surface area (Å²) in [5.74, 6) is 3.20. The third-order valence-corrected chi connectivity index (χ3v) is 6.20. The number of rotatable bonds is 11. The lowest BCUT2D eigenvalue weighted by Gasteiger charge is -2.32. The Balaban J connectivity index is 1.38. The number of nitrogens with zero attached hydrogens (tertiary/aromatic N) is 2. The van der Waals surface area contributed by atoms with Crippen LogP contribution < -0.4 is 20.1 Å². The van der Waals surface area contributed by atoms with Gasteiger partial charge >= 0.3 is 0 Å². The fraction of sp³-hybridized carbons (Fsp3) is 0.625. The maximum absolute atomic E-state index is 5.51. The molecule has 1 fully saturated rings. The monoisotopic (exact) mass is 445 g/mol. The van der Waals surface area contributed by atoms with Crippen molar-refractivity contribution in [3.8, 4) is 11.5 Å². The predicted molar refractivity (Wildman–Crippen MR) is 130 cm³/mol. The first kappa shape index (κ1) is 24.2. The van der Waals surface area contributed by atoms with Gasteiger partial charge in [-0.2, -0.15) is 0 Å². The minimum atomic E-state index is 0.700. The molecule has 0 atom stereocenters. The number of aromatic nitrogens is 1. The van der Waals surface area contributed by atoms with Gasteiger partial charge in [-0.05, 0) is 50.8 Å². The van der Waals surface area contributed by atoms with Gasteiger partial charge in [-0.3, -0.25) is 4.99 Å².